The Morgan fingerprint density at radius 2 is 1.91 bits per heavy atom. The van der Waals surface area contributed by atoms with E-state index in [-0.39, 0.29) is 31.4 Å². The number of aliphatic hydroxyl groups is 1. The van der Waals surface area contributed by atoms with Crippen LogP contribution in [0.15, 0.2) is 23.0 Å². The molecular weight excluding hydrogens is 459 g/mol. The van der Waals surface area contributed by atoms with Gasteiger partial charge in [0.05, 0.1) is 18.8 Å². The number of rotatable bonds is 4. The van der Waals surface area contributed by atoms with E-state index in [1.54, 1.807) is 13.8 Å². The fraction of sp³-hybridized carbons (Fsp3) is 0.500. The first-order valence-electron chi connectivity index (χ1n) is 11.5. The Bertz CT molecular complexity index is 1130. The standard InChI is InChI=1S/C21H23FN4O5.C2H6.CH4O/c1-21(2)20-24-16(17(28)19(30)26(20)8-9-31-21)18(29)23-11-12-5-6-13(22)10-14(12)25-7-3-4-15(25)27;2*1-2/h5-6,10,28H,3-4,7-9,11H2,1-2H3,(H,23,29);1-2H3;2H,1H3. The Morgan fingerprint density at radius 1 is 1.23 bits per heavy atom. The summed E-state index contributed by atoms with van der Waals surface area (Å²) in [6.07, 6.45) is 1.06. The second-order valence-electron chi connectivity index (χ2n) is 8.05. The molecule has 11 heteroatoms. The lowest BCUT2D eigenvalue weighted by Crippen LogP contribution is -2.42. The van der Waals surface area contributed by atoms with E-state index in [4.69, 9.17) is 9.84 Å². The molecule has 0 aliphatic carbocycles. The van der Waals surface area contributed by atoms with Gasteiger partial charge in [-0.25, -0.2) is 9.37 Å². The molecule has 2 amide bonds. The molecule has 0 unspecified atom stereocenters. The fourth-order valence-corrected chi connectivity index (χ4v) is 3.93. The van der Waals surface area contributed by atoms with Crippen molar-refractivity contribution in [3.05, 3.63) is 51.5 Å². The predicted octanol–water partition coefficient (Wildman–Crippen LogP) is 2.04. The monoisotopic (exact) mass is 492 g/mol. The van der Waals surface area contributed by atoms with Gasteiger partial charge < -0.3 is 25.2 Å². The molecule has 2 aliphatic heterocycles. The van der Waals surface area contributed by atoms with Gasteiger partial charge in [-0.05, 0) is 38.0 Å². The number of carbonyl (C=O) groups excluding carboxylic acids is 2. The minimum atomic E-state index is -0.902. The lowest BCUT2D eigenvalue weighted by molar-refractivity contribution is -0.117. The molecule has 3 heterocycles. The van der Waals surface area contributed by atoms with Crippen LogP contribution in [0.5, 0.6) is 5.75 Å². The topological polar surface area (TPSA) is 134 Å². The number of amides is 2. The van der Waals surface area contributed by atoms with Crippen LogP contribution in [0, 0.1) is 5.82 Å². The molecule has 0 radical (unpaired) electrons. The van der Waals surface area contributed by atoms with Gasteiger partial charge in [0.25, 0.3) is 11.5 Å². The SMILES string of the molecule is CC.CC1(C)OCCn2c1nc(C(=O)NCc1ccc(F)cc1N1CCCC1=O)c(O)c2=O.CO. The molecule has 4 rings (SSSR count). The molecule has 192 valence electrons. The van der Waals surface area contributed by atoms with Crippen molar-refractivity contribution in [2.24, 2.45) is 0 Å². The highest BCUT2D eigenvalue weighted by molar-refractivity contribution is 5.97. The van der Waals surface area contributed by atoms with Gasteiger partial charge in [0.2, 0.25) is 11.7 Å². The first kappa shape index (κ1) is 27.9. The van der Waals surface area contributed by atoms with Crippen LogP contribution in [-0.4, -0.2) is 51.8 Å². The average Bonchev–Trinajstić information content (AvgIpc) is 3.28. The van der Waals surface area contributed by atoms with Crippen molar-refractivity contribution in [3.8, 4) is 5.75 Å². The minimum Gasteiger partial charge on any atom is -0.501 e. The van der Waals surface area contributed by atoms with Gasteiger partial charge in [0.15, 0.2) is 5.69 Å². The number of aromatic hydroxyl groups is 1. The molecule has 10 nitrogen and oxygen atoms in total. The first-order chi connectivity index (χ1) is 16.7. The lowest BCUT2D eigenvalue weighted by Gasteiger charge is -2.32. The summed E-state index contributed by atoms with van der Waals surface area (Å²) in [7, 11) is 1.00. The molecule has 1 aromatic carbocycles. The maximum Gasteiger partial charge on any atom is 0.296 e. The molecule has 2 aliphatic rings. The average molecular weight is 493 g/mol. The highest BCUT2D eigenvalue weighted by atomic mass is 19.1. The maximum atomic E-state index is 13.8. The molecule has 1 saturated heterocycles. The van der Waals surface area contributed by atoms with E-state index in [1.165, 1.54) is 27.7 Å². The van der Waals surface area contributed by atoms with Gasteiger partial charge in [0.1, 0.15) is 17.2 Å². The zero-order valence-electron chi connectivity index (χ0n) is 20.7. The van der Waals surface area contributed by atoms with Crippen LogP contribution in [0.2, 0.25) is 0 Å². The maximum absolute atomic E-state index is 13.8. The van der Waals surface area contributed by atoms with Crippen LogP contribution >= 0.6 is 0 Å². The van der Waals surface area contributed by atoms with Gasteiger partial charge in [0, 0.05) is 26.6 Å². The van der Waals surface area contributed by atoms with Crippen LogP contribution in [0.4, 0.5) is 10.1 Å². The van der Waals surface area contributed by atoms with Crippen LogP contribution in [-0.2, 0) is 28.2 Å². The Balaban J connectivity index is 0.00000103. The summed E-state index contributed by atoms with van der Waals surface area (Å²) in [6, 6.07) is 3.99. The molecule has 1 fully saturated rings. The van der Waals surface area contributed by atoms with Crippen LogP contribution in [0.3, 0.4) is 0 Å². The first-order valence-corrected chi connectivity index (χ1v) is 11.5. The number of ether oxygens (including phenoxy) is 1. The summed E-state index contributed by atoms with van der Waals surface area (Å²) in [5.74, 6) is -1.86. The molecule has 0 saturated carbocycles. The number of nitrogens with one attached hydrogen (secondary N) is 1. The second-order valence-corrected chi connectivity index (χ2v) is 8.05. The Morgan fingerprint density at radius 3 is 2.54 bits per heavy atom. The van der Waals surface area contributed by atoms with Gasteiger partial charge >= 0.3 is 0 Å². The minimum absolute atomic E-state index is 0.0440. The normalized spacial score (nSPS) is 15.9. The molecule has 3 N–H and O–H groups in total. The van der Waals surface area contributed by atoms with E-state index < -0.39 is 34.3 Å². The van der Waals surface area contributed by atoms with Gasteiger partial charge in [-0.3, -0.25) is 19.0 Å². The van der Waals surface area contributed by atoms with E-state index in [0.29, 0.717) is 30.6 Å². The molecule has 2 aromatic rings. The molecular formula is C24H33FN4O6. The highest BCUT2D eigenvalue weighted by Crippen LogP contribution is 2.28. The van der Waals surface area contributed by atoms with Gasteiger partial charge in [-0.15, -0.1) is 0 Å². The van der Waals surface area contributed by atoms with Crippen molar-refractivity contribution in [1.82, 2.24) is 14.9 Å². The number of fused-ring (bicyclic) bond motifs is 1. The number of aliphatic hydroxyl groups excluding tert-OH is 1. The zero-order chi connectivity index (χ0) is 26.3. The van der Waals surface area contributed by atoms with Crippen molar-refractivity contribution in [1.29, 1.82) is 0 Å². The smallest absolute Gasteiger partial charge is 0.296 e. The summed E-state index contributed by atoms with van der Waals surface area (Å²) in [5, 5.41) is 19.9. The summed E-state index contributed by atoms with van der Waals surface area (Å²) in [6.45, 7) is 8.39. The van der Waals surface area contributed by atoms with Crippen LogP contribution in [0.1, 0.15) is 62.4 Å². The van der Waals surface area contributed by atoms with E-state index in [9.17, 15) is 23.9 Å². The molecule has 35 heavy (non-hydrogen) atoms. The molecule has 0 atom stereocenters. The number of hydrogen-bond acceptors (Lipinski definition) is 7. The summed E-state index contributed by atoms with van der Waals surface area (Å²) in [4.78, 5) is 43.1. The molecule has 0 bridgehead atoms. The number of aromatic nitrogens is 2. The van der Waals surface area contributed by atoms with Crippen molar-refractivity contribution in [2.75, 3.05) is 25.2 Å². The molecule has 1 aromatic heterocycles. The third-order valence-electron chi connectivity index (χ3n) is 5.53. The Labute approximate surface area is 203 Å². The Kier molecular flexibility index (Phi) is 9.49. The quantitative estimate of drug-likeness (QED) is 0.595. The fourth-order valence-electron chi connectivity index (χ4n) is 3.93. The van der Waals surface area contributed by atoms with Crippen molar-refractivity contribution >= 4 is 17.5 Å². The Hall–Kier alpha value is -3.31. The molecule has 0 spiro atoms. The summed E-state index contributed by atoms with van der Waals surface area (Å²) >= 11 is 0. The third kappa shape index (κ3) is 5.85. The van der Waals surface area contributed by atoms with Crippen LogP contribution in [0.25, 0.3) is 0 Å². The van der Waals surface area contributed by atoms with Crippen molar-refractivity contribution in [3.63, 3.8) is 0 Å². The van der Waals surface area contributed by atoms with E-state index >= 15 is 0 Å². The van der Waals surface area contributed by atoms with E-state index in [0.717, 1.165) is 7.11 Å². The van der Waals surface area contributed by atoms with Gasteiger partial charge in [-0.2, -0.15) is 0 Å². The third-order valence-corrected chi connectivity index (χ3v) is 5.53. The van der Waals surface area contributed by atoms with E-state index in [2.05, 4.69) is 10.3 Å². The van der Waals surface area contributed by atoms with Gasteiger partial charge in [-0.1, -0.05) is 19.9 Å². The van der Waals surface area contributed by atoms with Crippen molar-refractivity contribution < 1.29 is 28.9 Å². The second kappa shape index (κ2) is 11.9. The number of hydrogen-bond donors (Lipinski definition) is 3. The number of nitrogens with zero attached hydrogens (tertiary/aromatic N) is 3. The van der Waals surface area contributed by atoms with E-state index in [1.807, 2.05) is 13.8 Å². The highest BCUT2D eigenvalue weighted by Gasteiger charge is 2.34. The number of carbonyl (C=O) groups is 2. The van der Waals surface area contributed by atoms with Crippen molar-refractivity contribution in [2.45, 2.75) is 59.2 Å². The zero-order valence-corrected chi connectivity index (χ0v) is 20.7. The summed E-state index contributed by atoms with van der Waals surface area (Å²) < 4.78 is 20.7. The number of anilines is 1. The lowest BCUT2D eigenvalue weighted by atomic mass is 10.1. The van der Waals surface area contributed by atoms with Crippen LogP contribution < -0.4 is 15.8 Å². The predicted molar refractivity (Wildman–Crippen MR) is 128 cm³/mol. The number of halogens is 1. The largest absolute Gasteiger partial charge is 0.501 e. The summed E-state index contributed by atoms with van der Waals surface area (Å²) in [5.41, 5.74) is -1.10. The number of benzene rings is 1.